The van der Waals surface area contributed by atoms with E-state index >= 15 is 0 Å². The van der Waals surface area contributed by atoms with Crippen LogP contribution in [0.2, 0.25) is 0 Å². The summed E-state index contributed by atoms with van der Waals surface area (Å²) >= 11 is 0. The van der Waals surface area contributed by atoms with Gasteiger partial charge in [0, 0.05) is 6.61 Å². The predicted octanol–water partition coefficient (Wildman–Crippen LogP) is 6.19. The molecule has 0 saturated heterocycles. The summed E-state index contributed by atoms with van der Waals surface area (Å²) in [6, 6.07) is 0. The SMILES string of the molecule is CCC(C)C(C)CCC(C)OC(C)OCCC1CCCCC1. The van der Waals surface area contributed by atoms with Crippen molar-refractivity contribution in [2.45, 2.75) is 105 Å². The van der Waals surface area contributed by atoms with Crippen molar-refractivity contribution >= 4 is 0 Å². The second-order valence-electron chi connectivity index (χ2n) is 7.62. The summed E-state index contributed by atoms with van der Waals surface area (Å²) in [7, 11) is 0. The fourth-order valence-corrected chi connectivity index (χ4v) is 3.50. The third-order valence-electron chi connectivity index (χ3n) is 5.67. The molecule has 0 aliphatic heterocycles. The smallest absolute Gasteiger partial charge is 0.155 e. The lowest BCUT2D eigenvalue weighted by atomic mass is 9.87. The highest BCUT2D eigenvalue weighted by molar-refractivity contribution is 4.66. The summed E-state index contributed by atoms with van der Waals surface area (Å²) in [6.07, 6.45) is 12.2. The molecule has 1 aliphatic carbocycles. The molecule has 0 amide bonds. The topological polar surface area (TPSA) is 18.5 Å². The summed E-state index contributed by atoms with van der Waals surface area (Å²) in [5.74, 6) is 2.50. The summed E-state index contributed by atoms with van der Waals surface area (Å²) in [6.45, 7) is 12.1. The second kappa shape index (κ2) is 11.5. The van der Waals surface area contributed by atoms with Crippen LogP contribution in [-0.2, 0) is 9.47 Å². The normalized spacial score (nSPS) is 22.2. The van der Waals surface area contributed by atoms with E-state index in [0.717, 1.165) is 30.8 Å². The van der Waals surface area contributed by atoms with Crippen LogP contribution in [0.5, 0.6) is 0 Å². The molecule has 1 rings (SSSR count). The van der Waals surface area contributed by atoms with Crippen molar-refractivity contribution < 1.29 is 9.47 Å². The highest BCUT2D eigenvalue weighted by atomic mass is 16.7. The molecule has 0 radical (unpaired) electrons. The first-order chi connectivity index (χ1) is 10.5. The predicted molar refractivity (Wildman–Crippen MR) is 95.0 cm³/mol. The van der Waals surface area contributed by atoms with Gasteiger partial charge in [-0.3, -0.25) is 0 Å². The molecular weight excluding hydrogens is 272 g/mol. The lowest BCUT2D eigenvalue weighted by Crippen LogP contribution is -2.22. The van der Waals surface area contributed by atoms with Gasteiger partial charge in [0.2, 0.25) is 0 Å². The maximum atomic E-state index is 5.98. The van der Waals surface area contributed by atoms with E-state index in [4.69, 9.17) is 9.47 Å². The molecule has 132 valence electrons. The molecule has 22 heavy (non-hydrogen) atoms. The van der Waals surface area contributed by atoms with Gasteiger partial charge in [-0.25, -0.2) is 0 Å². The third kappa shape index (κ3) is 8.53. The van der Waals surface area contributed by atoms with Crippen LogP contribution in [0, 0.1) is 17.8 Å². The Morgan fingerprint density at radius 2 is 1.59 bits per heavy atom. The van der Waals surface area contributed by atoms with Crippen LogP contribution < -0.4 is 0 Å². The van der Waals surface area contributed by atoms with Crippen LogP contribution in [-0.4, -0.2) is 19.0 Å². The first kappa shape index (κ1) is 20.0. The van der Waals surface area contributed by atoms with Crippen LogP contribution in [0.4, 0.5) is 0 Å². The van der Waals surface area contributed by atoms with E-state index in [0.29, 0.717) is 6.10 Å². The van der Waals surface area contributed by atoms with Crippen molar-refractivity contribution in [2.24, 2.45) is 17.8 Å². The van der Waals surface area contributed by atoms with Gasteiger partial charge in [-0.15, -0.1) is 0 Å². The van der Waals surface area contributed by atoms with Crippen molar-refractivity contribution in [1.29, 1.82) is 0 Å². The Labute approximate surface area is 139 Å². The zero-order chi connectivity index (χ0) is 16.4. The molecule has 2 heteroatoms. The van der Waals surface area contributed by atoms with E-state index in [1.807, 2.05) is 0 Å². The molecule has 0 aromatic carbocycles. The van der Waals surface area contributed by atoms with E-state index in [9.17, 15) is 0 Å². The lowest BCUT2D eigenvalue weighted by molar-refractivity contribution is -0.159. The van der Waals surface area contributed by atoms with Gasteiger partial charge in [-0.2, -0.15) is 0 Å². The summed E-state index contributed by atoms with van der Waals surface area (Å²) in [5, 5.41) is 0. The number of rotatable bonds is 11. The van der Waals surface area contributed by atoms with Crippen LogP contribution in [0.3, 0.4) is 0 Å². The standard InChI is InChI=1S/C20H40O2/c1-6-16(2)17(3)12-13-18(4)22-19(5)21-15-14-20-10-8-7-9-11-20/h16-20H,6-15H2,1-5H3. The van der Waals surface area contributed by atoms with Gasteiger partial charge in [0.15, 0.2) is 6.29 Å². The van der Waals surface area contributed by atoms with Gasteiger partial charge in [-0.05, 0) is 50.9 Å². The van der Waals surface area contributed by atoms with Gasteiger partial charge >= 0.3 is 0 Å². The van der Waals surface area contributed by atoms with Crippen LogP contribution in [0.1, 0.15) is 92.4 Å². The molecule has 4 atom stereocenters. The highest BCUT2D eigenvalue weighted by Crippen LogP contribution is 2.26. The molecule has 0 spiro atoms. The largest absolute Gasteiger partial charge is 0.353 e. The monoisotopic (exact) mass is 312 g/mol. The Morgan fingerprint density at radius 3 is 2.23 bits per heavy atom. The minimum absolute atomic E-state index is 0.0579. The Balaban J connectivity index is 2.06. The zero-order valence-electron chi connectivity index (χ0n) is 15.8. The van der Waals surface area contributed by atoms with Crippen molar-refractivity contribution in [3.05, 3.63) is 0 Å². The number of ether oxygens (including phenoxy) is 2. The number of hydrogen-bond donors (Lipinski definition) is 0. The second-order valence-corrected chi connectivity index (χ2v) is 7.62. The zero-order valence-corrected chi connectivity index (χ0v) is 15.8. The molecule has 2 nitrogen and oxygen atoms in total. The molecule has 0 bridgehead atoms. The minimum atomic E-state index is -0.0579. The van der Waals surface area contributed by atoms with Crippen molar-refractivity contribution in [1.82, 2.24) is 0 Å². The average molecular weight is 313 g/mol. The fourth-order valence-electron chi connectivity index (χ4n) is 3.50. The Morgan fingerprint density at radius 1 is 0.909 bits per heavy atom. The van der Waals surface area contributed by atoms with Crippen molar-refractivity contribution in [2.75, 3.05) is 6.61 Å². The van der Waals surface area contributed by atoms with E-state index < -0.39 is 0 Å². The molecule has 1 aliphatic rings. The van der Waals surface area contributed by atoms with Crippen molar-refractivity contribution in [3.63, 3.8) is 0 Å². The quantitative estimate of drug-likeness (QED) is 0.424. The van der Waals surface area contributed by atoms with Gasteiger partial charge < -0.3 is 9.47 Å². The average Bonchev–Trinajstić information content (AvgIpc) is 2.52. The van der Waals surface area contributed by atoms with E-state index in [2.05, 4.69) is 34.6 Å². The Bertz CT molecular complexity index is 260. The van der Waals surface area contributed by atoms with Crippen LogP contribution >= 0.6 is 0 Å². The molecule has 0 aromatic heterocycles. The van der Waals surface area contributed by atoms with E-state index in [-0.39, 0.29) is 6.29 Å². The lowest BCUT2D eigenvalue weighted by Gasteiger charge is -2.24. The molecule has 4 unspecified atom stereocenters. The number of hydrogen-bond acceptors (Lipinski definition) is 2. The Hall–Kier alpha value is -0.0800. The molecule has 0 heterocycles. The van der Waals surface area contributed by atoms with E-state index in [1.54, 1.807) is 0 Å². The molecular formula is C20H40O2. The first-order valence-electron chi connectivity index (χ1n) is 9.80. The fraction of sp³-hybridized carbons (Fsp3) is 1.00. The Kier molecular flexibility index (Phi) is 10.4. The summed E-state index contributed by atoms with van der Waals surface area (Å²) in [5.41, 5.74) is 0. The molecule has 0 N–H and O–H groups in total. The maximum absolute atomic E-state index is 5.98. The van der Waals surface area contributed by atoms with Crippen LogP contribution in [0.15, 0.2) is 0 Å². The van der Waals surface area contributed by atoms with Gasteiger partial charge in [0.05, 0.1) is 6.10 Å². The minimum Gasteiger partial charge on any atom is -0.353 e. The summed E-state index contributed by atoms with van der Waals surface area (Å²) < 4.78 is 11.8. The molecule has 1 fully saturated rings. The summed E-state index contributed by atoms with van der Waals surface area (Å²) in [4.78, 5) is 0. The van der Waals surface area contributed by atoms with Gasteiger partial charge in [-0.1, -0.05) is 59.3 Å². The third-order valence-corrected chi connectivity index (χ3v) is 5.67. The van der Waals surface area contributed by atoms with Gasteiger partial charge in [0.25, 0.3) is 0 Å². The van der Waals surface area contributed by atoms with Gasteiger partial charge in [0.1, 0.15) is 0 Å². The van der Waals surface area contributed by atoms with Crippen molar-refractivity contribution in [3.8, 4) is 0 Å². The highest BCUT2D eigenvalue weighted by Gasteiger charge is 2.16. The van der Waals surface area contributed by atoms with Crippen LogP contribution in [0.25, 0.3) is 0 Å². The molecule has 1 saturated carbocycles. The van der Waals surface area contributed by atoms with E-state index in [1.165, 1.54) is 51.4 Å². The molecule has 0 aromatic rings. The first-order valence-corrected chi connectivity index (χ1v) is 9.80. The maximum Gasteiger partial charge on any atom is 0.155 e.